The number of hydrogen-bond donors (Lipinski definition) is 3. The molecular weight excluding hydrogens is 392 g/mol. The van der Waals surface area contributed by atoms with Gasteiger partial charge in [-0.25, -0.2) is 5.48 Å². The minimum Gasteiger partial charge on any atom is -0.494 e. The Kier molecular flexibility index (Phi) is 8.67. The molecule has 0 saturated heterocycles. The molecule has 2 amide bonds. The molecule has 0 bridgehead atoms. The fourth-order valence-corrected chi connectivity index (χ4v) is 4.01. The van der Waals surface area contributed by atoms with E-state index >= 15 is 0 Å². The number of nitrogens with one attached hydrogen (secondary N) is 2. The molecule has 1 saturated carbocycles. The van der Waals surface area contributed by atoms with Crippen molar-refractivity contribution in [1.82, 2.24) is 10.8 Å². The van der Waals surface area contributed by atoms with Crippen LogP contribution in [0.1, 0.15) is 54.4 Å². The van der Waals surface area contributed by atoms with E-state index in [1.807, 2.05) is 36.4 Å². The van der Waals surface area contributed by atoms with Gasteiger partial charge in [-0.2, -0.15) is 0 Å². The molecule has 6 nitrogen and oxygen atoms in total. The van der Waals surface area contributed by atoms with Crippen molar-refractivity contribution in [1.29, 1.82) is 0 Å². The van der Waals surface area contributed by atoms with Crippen LogP contribution in [0.4, 0.5) is 0 Å². The SMILES string of the molecule is O=C(/C=C/c1ccccc1)N[C@H]1CCCCC1CCCOc1ccc(C(=O)NO)cc1. The van der Waals surface area contributed by atoms with E-state index in [9.17, 15) is 9.59 Å². The maximum Gasteiger partial charge on any atom is 0.274 e. The molecule has 0 aliphatic heterocycles. The molecule has 6 heteroatoms. The second-order valence-electron chi connectivity index (χ2n) is 7.86. The van der Waals surface area contributed by atoms with Gasteiger partial charge in [0.05, 0.1) is 6.61 Å². The summed E-state index contributed by atoms with van der Waals surface area (Å²) in [6, 6.07) is 16.7. The average Bonchev–Trinajstić information content (AvgIpc) is 2.82. The minimum absolute atomic E-state index is 0.0380. The van der Waals surface area contributed by atoms with Gasteiger partial charge >= 0.3 is 0 Å². The van der Waals surface area contributed by atoms with Gasteiger partial charge in [0.25, 0.3) is 5.91 Å². The van der Waals surface area contributed by atoms with Crippen molar-refractivity contribution in [2.45, 2.75) is 44.6 Å². The van der Waals surface area contributed by atoms with Gasteiger partial charge in [-0.1, -0.05) is 43.2 Å². The molecule has 164 valence electrons. The van der Waals surface area contributed by atoms with Gasteiger partial charge in [0.2, 0.25) is 5.91 Å². The van der Waals surface area contributed by atoms with Crippen LogP contribution in [-0.4, -0.2) is 29.7 Å². The van der Waals surface area contributed by atoms with Crippen LogP contribution in [0.5, 0.6) is 5.75 Å². The van der Waals surface area contributed by atoms with Crippen molar-refractivity contribution in [3.63, 3.8) is 0 Å². The molecule has 3 rings (SSSR count). The van der Waals surface area contributed by atoms with Crippen LogP contribution in [0.15, 0.2) is 60.7 Å². The van der Waals surface area contributed by atoms with E-state index in [4.69, 9.17) is 9.94 Å². The van der Waals surface area contributed by atoms with E-state index in [0.29, 0.717) is 23.8 Å². The Balaban J connectivity index is 1.42. The van der Waals surface area contributed by atoms with E-state index in [2.05, 4.69) is 5.32 Å². The molecule has 2 atom stereocenters. The van der Waals surface area contributed by atoms with Crippen molar-refractivity contribution in [2.75, 3.05) is 6.61 Å². The summed E-state index contributed by atoms with van der Waals surface area (Å²) in [5, 5.41) is 11.8. The Morgan fingerprint density at radius 2 is 1.77 bits per heavy atom. The highest BCUT2D eigenvalue weighted by Gasteiger charge is 2.25. The van der Waals surface area contributed by atoms with Gasteiger partial charge in [-0.15, -0.1) is 0 Å². The largest absolute Gasteiger partial charge is 0.494 e. The van der Waals surface area contributed by atoms with Crippen LogP contribution in [0.2, 0.25) is 0 Å². The number of ether oxygens (including phenoxy) is 1. The number of amides is 2. The van der Waals surface area contributed by atoms with Gasteiger partial charge < -0.3 is 10.1 Å². The first-order chi connectivity index (χ1) is 15.2. The number of carbonyl (C=O) groups excluding carboxylic acids is 2. The van der Waals surface area contributed by atoms with E-state index in [0.717, 1.165) is 37.7 Å². The molecular formula is C25H30N2O4. The molecule has 31 heavy (non-hydrogen) atoms. The van der Waals surface area contributed by atoms with Crippen LogP contribution in [0.3, 0.4) is 0 Å². The summed E-state index contributed by atoms with van der Waals surface area (Å²) in [5.74, 6) is 0.565. The van der Waals surface area contributed by atoms with Gasteiger partial charge in [0.15, 0.2) is 0 Å². The fraction of sp³-hybridized carbons (Fsp3) is 0.360. The summed E-state index contributed by atoms with van der Waals surface area (Å²) in [4.78, 5) is 23.7. The van der Waals surface area contributed by atoms with Crippen molar-refractivity contribution >= 4 is 17.9 Å². The molecule has 0 radical (unpaired) electrons. The van der Waals surface area contributed by atoms with Crippen LogP contribution >= 0.6 is 0 Å². The van der Waals surface area contributed by atoms with E-state index in [1.165, 1.54) is 6.42 Å². The summed E-state index contributed by atoms with van der Waals surface area (Å²) >= 11 is 0. The monoisotopic (exact) mass is 422 g/mol. The highest BCUT2D eigenvalue weighted by molar-refractivity contribution is 5.93. The number of hydroxylamine groups is 1. The van der Waals surface area contributed by atoms with Crippen molar-refractivity contribution in [3.05, 3.63) is 71.8 Å². The summed E-state index contributed by atoms with van der Waals surface area (Å²) in [5.41, 5.74) is 3.00. The van der Waals surface area contributed by atoms with Gasteiger partial charge in [0, 0.05) is 17.7 Å². The Morgan fingerprint density at radius 3 is 2.52 bits per heavy atom. The lowest BCUT2D eigenvalue weighted by atomic mass is 9.81. The Labute approximate surface area is 183 Å². The average molecular weight is 423 g/mol. The molecule has 1 aliphatic rings. The summed E-state index contributed by atoms with van der Waals surface area (Å²) in [7, 11) is 0. The molecule has 0 aromatic heterocycles. The van der Waals surface area contributed by atoms with E-state index in [-0.39, 0.29) is 11.9 Å². The zero-order chi connectivity index (χ0) is 21.9. The normalized spacial score (nSPS) is 18.5. The third-order valence-electron chi connectivity index (χ3n) is 5.67. The second-order valence-corrected chi connectivity index (χ2v) is 7.86. The molecule has 0 spiro atoms. The zero-order valence-electron chi connectivity index (χ0n) is 17.6. The number of carbonyl (C=O) groups is 2. The van der Waals surface area contributed by atoms with Crippen LogP contribution < -0.4 is 15.5 Å². The second kappa shape index (κ2) is 11.9. The Morgan fingerprint density at radius 1 is 1.03 bits per heavy atom. The third-order valence-corrected chi connectivity index (χ3v) is 5.67. The Hall–Kier alpha value is -3.12. The highest BCUT2D eigenvalue weighted by Crippen LogP contribution is 2.28. The lowest BCUT2D eigenvalue weighted by Gasteiger charge is -2.32. The summed E-state index contributed by atoms with van der Waals surface area (Å²) < 4.78 is 5.78. The van der Waals surface area contributed by atoms with Crippen molar-refractivity contribution in [3.8, 4) is 5.75 Å². The lowest BCUT2D eigenvalue weighted by molar-refractivity contribution is -0.117. The maximum absolute atomic E-state index is 12.4. The lowest BCUT2D eigenvalue weighted by Crippen LogP contribution is -2.41. The summed E-state index contributed by atoms with van der Waals surface area (Å²) in [6.07, 6.45) is 9.85. The molecule has 0 heterocycles. The fourth-order valence-electron chi connectivity index (χ4n) is 4.01. The van der Waals surface area contributed by atoms with Crippen molar-refractivity contribution in [2.24, 2.45) is 5.92 Å². The molecule has 1 aliphatic carbocycles. The first kappa shape index (κ1) is 22.6. The minimum atomic E-state index is -0.546. The van der Waals surface area contributed by atoms with Crippen LogP contribution in [0.25, 0.3) is 6.08 Å². The van der Waals surface area contributed by atoms with Crippen molar-refractivity contribution < 1.29 is 19.5 Å². The van der Waals surface area contributed by atoms with E-state index in [1.54, 1.807) is 35.8 Å². The van der Waals surface area contributed by atoms with Gasteiger partial charge in [0.1, 0.15) is 5.75 Å². The Bertz CT molecular complexity index is 865. The summed E-state index contributed by atoms with van der Waals surface area (Å²) in [6.45, 7) is 0.580. The number of hydrogen-bond acceptors (Lipinski definition) is 4. The standard InChI is InChI=1S/C25H30N2O4/c28-24(17-12-19-7-2-1-3-8-19)26-23-11-5-4-9-20(23)10-6-18-31-22-15-13-21(14-16-22)25(29)27-30/h1-3,7-8,12-17,20,23,30H,4-6,9-11,18H2,(H,26,28)(H,27,29)/b17-12+/t20?,23-/m0/s1. The zero-order valence-corrected chi connectivity index (χ0v) is 17.6. The first-order valence-corrected chi connectivity index (χ1v) is 10.9. The van der Waals surface area contributed by atoms with Crippen LogP contribution in [-0.2, 0) is 4.79 Å². The quantitative estimate of drug-likeness (QED) is 0.243. The molecule has 2 aromatic carbocycles. The smallest absolute Gasteiger partial charge is 0.274 e. The predicted octanol–water partition coefficient (Wildman–Crippen LogP) is 4.35. The maximum atomic E-state index is 12.4. The highest BCUT2D eigenvalue weighted by atomic mass is 16.5. The molecule has 1 unspecified atom stereocenters. The van der Waals surface area contributed by atoms with Crippen LogP contribution in [0, 0.1) is 5.92 Å². The molecule has 3 N–H and O–H groups in total. The first-order valence-electron chi connectivity index (χ1n) is 10.9. The third kappa shape index (κ3) is 7.26. The topological polar surface area (TPSA) is 87.7 Å². The number of rotatable bonds is 9. The molecule has 2 aromatic rings. The van der Waals surface area contributed by atoms with Gasteiger partial charge in [-0.05, 0) is 67.5 Å². The predicted molar refractivity (Wildman–Crippen MR) is 120 cm³/mol. The number of benzene rings is 2. The van der Waals surface area contributed by atoms with Gasteiger partial charge in [-0.3, -0.25) is 14.8 Å². The van der Waals surface area contributed by atoms with E-state index < -0.39 is 5.91 Å². The molecule has 1 fully saturated rings.